The molecule has 0 atom stereocenters. The van der Waals surface area contributed by atoms with Crippen LogP contribution in [0, 0.1) is 6.92 Å². The standard InChI is InChI=1S/C10H16N2O4S/c1-9-10(3-2-4-12-9)16-6-5-15-7-8-17(11,13)14/h2-4H,5-8H2,1H3,(H2,11,13,14). The molecular formula is C10H16N2O4S. The van der Waals surface area contributed by atoms with Crippen molar-refractivity contribution in [3.05, 3.63) is 24.0 Å². The lowest BCUT2D eigenvalue weighted by Gasteiger charge is -2.08. The lowest BCUT2D eigenvalue weighted by atomic mass is 10.3. The van der Waals surface area contributed by atoms with Gasteiger partial charge in [-0.2, -0.15) is 0 Å². The molecule has 0 aliphatic rings. The van der Waals surface area contributed by atoms with Crippen molar-refractivity contribution in [2.24, 2.45) is 5.14 Å². The van der Waals surface area contributed by atoms with Crippen LogP contribution < -0.4 is 9.88 Å². The Morgan fingerprint density at radius 2 is 2.12 bits per heavy atom. The number of aromatic nitrogens is 1. The van der Waals surface area contributed by atoms with E-state index in [1.165, 1.54) is 0 Å². The number of rotatable bonds is 7. The van der Waals surface area contributed by atoms with Gasteiger partial charge >= 0.3 is 0 Å². The Kier molecular flexibility index (Phi) is 5.33. The molecule has 0 aliphatic carbocycles. The molecule has 0 radical (unpaired) electrons. The Labute approximate surface area is 101 Å². The number of sulfonamides is 1. The fraction of sp³-hybridized carbons (Fsp3) is 0.500. The third kappa shape index (κ3) is 6.20. The molecule has 1 aromatic rings. The quantitative estimate of drug-likeness (QED) is 0.701. The third-order valence-electron chi connectivity index (χ3n) is 1.96. The van der Waals surface area contributed by atoms with Gasteiger partial charge in [0.05, 0.1) is 24.7 Å². The number of pyridine rings is 1. The fourth-order valence-corrected chi connectivity index (χ4v) is 1.46. The Balaban J connectivity index is 2.15. The number of nitrogens with two attached hydrogens (primary N) is 1. The van der Waals surface area contributed by atoms with Gasteiger partial charge < -0.3 is 9.47 Å². The molecular weight excluding hydrogens is 244 g/mol. The summed E-state index contributed by atoms with van der Waals surface area (Å²) in [7, 11) is -3.45. The van der Waals surface area contributed by atoms with Gasteiger partial charge in [-0.05, 0) is 19.1 Å². The molecule has 0 aromatic carbocycles. The van der Waals surface area contributed by atoms with Crippen molar-refractivity contribution < 1.29 is 17.9 Å². The van der Waals surface area contributed by atoms with Crippen molar-refractivity contribution in [2.75, 3.05) is 25.6 Å². The van der Waals surface area contributed by atoms with Crippen LogP contribution in [0.4, 0.5) is 0 Å². The molecule has 1 heterocycles. The maximum absolute atomic E-state index is 10.6. The molecule has 96 valence electrons. The van der Waals surface area contributed by atoms with Crippen LogP contribution in [0.1, 0.15) is 5.69 Å². The van der Waals surface area contributed by atoms with Crippen LogP contribution in [0.2, 0.25) is 0 Å². The number of hydrogen-bond donors (Lipinski definition) is 1. The maximum atomic E-state index is 10.6. The zero-order chi connectivity index (χ0) is 12.7. The smallest absolute Gasteiger partial charge is 0.211 e. The minimum Gasteiger partial charge on any atom is -0.489 e. The topological polar surface area (TPSA) is 91.5 Å². The van der Waals surface area contributed by atoms with Crippen LogP contribution in [0.3, 0.4) is 0 Å². The van der Waals surface area contributed by atoms with E-state index in [1.54, 1.807) is 12.3 Å². The zero-order valence-corrected chi connectivity index (χ0v) is 10.4. The Morgan fingerprint density at radius 1 is 1.35 bits per heavy atom. The molecule has 0 unspecified atom stereocenters. The summed E-state index contributed by atoms with van der Waals surface area (Å²) in [5, 5.41) is 4.81. The maximum Gasteiger partial charge on any atom is 0.211 e. The van der Waals surface area contributed by atoms with Crippen LogP contribution in [0.5, 0.6) is 5.75 Å². The summed E-state index contributed by atoms with van der Waals surface area (Å²) in [6, 6.07) is 3.59. The minimum atomic E-state index is -3.45. The van der Waals surface area contributed by atoms with E-state index in [2.05, 4.69) is 4.98 Å². The van der Waals surface area contributed by atoms with Crippen LogP contribution in [-0.4, -0.2) is 39.0 Å². The van der Waals surface area contributed by atoms with Gasteiger partial charge in [0, 0.05) is 6.20 Å². The molecule has 0 saturated heterocycles. The third-order valence-corrected chi connectivity index (χ3v) is 2.69. The summed E-state index contributed by atoms with van der Waals surface area (Å²) < 4.78 is 31.6. The van der Waals surface area contributed by atoms with Gasteiger partial charge in [0.1, 0.15) is 12.4 Å². The Bertz CT molecular complexity index is 447. The predicted octanol–water partition coefficient (Wildman–Crippen LogP) is 0.0739. The molecule has 0 aliphatic heterocycles. The number of aryl methyl sites for hydroxylation is 1. The van der Waals surface area contributed by atoms with Crippen LogP contribution >= 0.6 is 0 Å². The Hall–Kier alpha value is -1.18. The molecule has 2 N–H and O–H groups in total. The number of hydrogen-bond acceptors (Lipinski definition) is 5. The van der Waals surface area contributed by atoms with Crippen molar-refractivity contribution >= 4 is 10.0 Å². The van der Waals surface area contributed by atoms with Crippen LogP contribution in [0.25, 0.3) is 0 Å². The van der Waals surface area contributed by atoms with Crippen molar-refractivity contribution in [2.45, 2.75) is 6.92 Å². The largest absolute Gasteiger partial charge is 0.489 e. The first-order valence-corrected chi connectivity index (χ1v) is 6.83. The highest BCUT2D eigenvalue weighted by atomic mass is 32.2. The van der Waals surface area contributed by atoms with Crippen molar-refractivity contribution in [1.82, 2.24) is 4.98 Å². The monoisotopic (exact) mass is 260 g/mol. The summed E-state index contributed by atoms with van der Waals surface area (Å²) in [5.41, 5.74) is 0.803. The summed E-state index contributed by atoms with van der Waals surface area (Å²) in [4.78, 5) is 4.06. The van der Waals surface area contributed by atoms with E-state index in [9.17, 15) is 8.42 Å². The molecule has 7 heteroatoms. The first-order chi connectivity index (χ1) is 7.99. The van der Waals surface area contributed by atoms with E-state index < -0.39 is 10.0 Å². The summed E-state index contributed by atoms with van der Waals surface area (Å²) in [6.45, 7) is 2.58. The Morgan fingerprint density at radius 3 is 2.76 bits per heavy atom. The molecule has 1 rings (SSSR count). The minimum absolute atomic E-state index is 0.0776. The highest BCUT2D eigenvalue weighted by Crippen LogP contribution is 2.12. The first kappa shape index (κ1) is 13.9. The highest BCUT2D eigenvalue weighted by molar-refractivity contribution is 7.89. The highest BCUT2D eigenvalue weighted by Gasteiger charge is 2.02. The average Bonchev–Trinajstić information content (AvgIpc) is 2.24. The van der Waals surface area contributed by atoms with Crippen molar-refractivity contribution in [1.29, 1.82) is 0 Å². The molecule has 0 fully saturated rings. The SMILES string of the molecule is Cc1ncccc1OCCOCCS(N)(=O)=O. The van der Waals surface area contributed by atoms with E-state index in [1.807, 2.05) is 13.0 Å². The second-order valence-electron chi connectivity index (χ2n) is 3.41. The van der Waals surface area contributed by atoms with Gasteiger partial charge in [0.2, 0.25) is 10.0 Å². The lowest BCUT2D eigenvalue weighted by Crippen LogP contribution is -2.21. The summed E-state index contributed by atoms with van der Waals surface area (Å²) in [6.07, 6.45) is 1.69. The van der Waals surface area contributed by atoms with Gasteiger partial charge in [0.15, 0.2) is 0 Å². The van der Waals surface area contributed by atoms with Gasteiger partial charge in [-0.25, -0.2) is 13.6 Å². The van der Waals surface area contributed by atoms with Gasteiger partial charge in [-0.1, -0.05) is 0 Å². The van der Waals surface area contributed by atoms with Crippen molar-refractivity contribution in [3.63, 3.8) is 0 Å². The van der Waals surface area contributed by atoms with Crippen LogP contribution in [0.15, 0.2) is 18.3 Å². The molecule has 1 aromatic heterocycles. The molecule has 0 saturated carbocycles. The second-order valence-corrected chi connectivity index (χ2v) is 5.15. The normalized spacial score (nSPS) is 11.4. The van der Waals surface area contributed by atoms with E-state index in [4.69, 9.17) is 14.6 Å². The van der Waals surface area contributed by atoms with E-state index in [0.29, 0.717) is 19.0 Å². The lowest BCUT2D eigenvalue weighted by molar-refractivity contribution is 0.111. The molecule has 17 heavy (non-hydrogen) atoms. The molecule has 0 bridgehead atoms. The second kappa shape index (κ2) is 6.53. The molecule has 6 nitrogen and oxygen atoms in total. The average molecular weight is 260 g/mol. The van der Waals surface area contributed by atoms with Gasteiger partial charge in [0.25, 0.3) is 0 Å². The summed E-state index contributed by atoms with van der Waals surface area (Å²) in [5.74, 6) is 0.515. The van der Waals surface area contributed by atoms with Crippen molar-refractivity contribution in [3.8, 4) is 5.75 Å². The van der Waals surface area contributed by atoms with E-state index >= 15 is 0 Å². The van der Waals surface area contributed by atoms with Gasteiger partial charge in [-0.15, -0.1) is 0 Å². The molecule has 0 spiro atoms. The van der Waals surface area contributed by atoms with E-state index in [-0.39, 0.29) is 12.4 Å². The first-order valence-electron chi connectivity index (χ1n) is 5.12. The predicted molar refractivity (Wildman–Crippen MR) is 63.3 cm³/mol. The van der Waals surface area contributed by atoms with Crippen LogP contribution in [-0.2, 0) is 14.8 Å². The molecule has 0 amide bonds. The van der Waals surface area contributed by atoms with Gasteiger partial charge in [-0.3, -0.25) is 4.98 Å². The fourth-order valence-electron chi connectivity index (χ4n) is 1.11. The summed E-state index contributed by atoms with van der Waals surface area (Å²) >= 11 is 0. The number of primary sulfonamides is 1. The zero-order valence-electron chi connectivity index (χ0n) is 9.63. The number of ether oxygens (including phenoxy) is 2. The van der Waals surface area contributed by atoms with E-state index in [0.717, 1.165) is 5.69 Å². The number of nitrogens with zero attached hydrogens (tertiary/aromatic N) is 1.